The van der Waals surface area contributed by atoms with Gasteiger partial charge >= 0.3 is 5.97 Å². The normalized spacial score (nSPS) is 14.0. The molecule has 38 heavy (non-hydrogen) atoms. The average Bonchev–Trinajstić information content (AvgIpc) is 3.15. The summed E-state index contributed by atoms with van der Waals surface area (Å²) in [5, 5.41) is 9.22. The van der Waals surface area contributed by atoms with Crippen molar-refractivity contribution in [1.82, 2.24) is 14.0 Å². The zero-order valence-corrected chi connectivity index (χ0v) is 23.6. The third-order valence-corrected chi connectivity index (χ3v) is 7.25. The molecule has 4 aromatic rings. The first-order valence-corrected chi connectivity index (χ1v) is 12.6. The lowest BCUT2D eigenvalue weighted by molar-refractivity contribution is -0.156. The van der Waals surface area contributed by atoms with E-state index < -0.39 is 6.04 Å². The Morgan fingerprint density at radius 3 is 2.03 bits per heavy atom. The number of benzene rings is 3. The molecular formula is C30H33BrN4O3. The van der Waals surface area contributed by atoms with E-state index in [-0.39, 0.29) is 40.4 Å². The van der Waals surface area contributed by atoms with Crippen LogP contribution >= 0.6 is 17.0 Å². The van der Waals surface area contributed by atoms with Crippen LogP contribution < -0.4 is 5.62 Å². The highest BCUT2D eigenvalue weighted by Crippen LogP contribution is 2.27. The number of methoxy groups -OCH3 is 1. The quantitative estimate of drug-likeness (QED) is 0.327. The van der Waals surface area contributed by atoms with Crippen LogP contribution in [-0.4, -0.2) is 46.1 Å². The van der Waals surface area contributed by atoms with E-state index >= 15 is 0 Å². The number of nitrogens with one attached hydrogen (secondary N) is 1. The van der Waals surface area contributed by atoms with Crippen molar-refractivity contribution in [3.05, 3.63) is 101 Å². The molecule has 0 radical (unpaired) electrons. The predicted octanol–water partition coefficient (Wildman–Crippen LogP) is 4.58. The molecule has 0 saturated carbocycles. The van der Waals surface area contributed by atoms with Gasteiger partial charge in [0.15, 0.2) is 0 Å². The molecule has 1 aromatic heterocycles. The monoisotopic (exact) mass is 576 g/mol. The molecule has 0 spiro atoms. The minimum atomic E-state index is -0.613. The van der Waals surface area contributed by atoms with Gasteiger partial charge < -0.3 is 14.2 Å². The number of nitrogens with zero attached hydrogens (tertiary/aromatic N) is 3. The molecule has 1 amide bonds. The van der Waals surface area contributed by atoms with E-state index in [2.05, 4.69) is 31.2 Å². The molecule has 3 aromatic carbocycles. The van der Waals surface area contributed by atoms with Crippen LogP contribution in [0.25, 0.3) is 11.0 Å². The number of carbonyl (C=O) groups is 2. The average molecular weight is 578 g/mol. The molecule has 1 aliphatic rings. The molecule has 0 bridgehead atoms. The highest BCUT2D eigenvalue weighted by Gasteiger charge is 2.40. The van der Waals surface area contributed by atoms with Crippen LogP contribution in [-0.2, 0) is 27.3 Å². The number of imidazole rings is 1. The van der Waals surface area contributed by atoms with Gasteiger partial charge in [-0.2, -0.15) is 0 Å². The van der Waals surface area contributed by atoms with E-state index in [1.807, 2.05) is 64.6 Å². The Kier molecular flexibility index (Phi) is 8.21. The Morgan fingerprint density at radius 2 is 1.45 bits per heavy atom. The van der Waals surface area contributed by atoms with Gasteiger partial charge in [0.2, 0.25) is 11.5 Å². The van der Waals surface area contributed by atoms with E-state index in [0.717, 1.165) is 27.7 Å². The lowest BCUT2D eigenvalue weighted by atomic mass is 9.96. The van der Waals surface area contributed by atoms with Crippen LogP contribution in [0.1, 0.15) is 28.3 Å². The second-order valence-electron chi connectivity index (χ2n) is 9.92. The maximum absolute atomic E-state index is 13.9. The number of para-hydroxylation sites is 2. The van der Waals surface area contributed by atoms with E-state index in [9.17, 15) is 15.0 Å². The van der Waals surface area contributed by atoms with Crippen LogP contribution in [0.3, 0.4) is 0 Å². The third-order valence-electron chi connectivity index (χ3n) is 7.25. The highest BCUT2D eigenvalue weighted by molar-refractivity contribution is 8.93. The highest BCUT2D eigenvalue weighted by atomic mass is 79.9. The van der Waals surface area contributed by atoms with Gasteiger partial charge in [0.1, 0.15) is 6.04 Å². The van der Waals surface area contributed by atoms with Gasteiger partial charge in [0.05, 0.1) is 30.6 Å². The number of esters is 1. The molecule has 1 N–H and O–H groups in total. The van der Waals surface area contributed by atoms with Crippen molar-refractivity contribution in [3.63, 3.8) is 0 Å². The molecule has 1 unspecified atom stereocenters. The number of halogens is 1. The molecule has 1 fully saturated rings. The van der Waals surface area contributed by atoms with E-state index in [1.165, 1.54) is 12.7 Å². The van der Waals surface area contributed by atoms with Crippen LogP contribution in [0.15, 0.2) is 72.8 Å². The van der Waals surface area contributed by atoms with Crippen LogP contribution in [0, 0.1) is 25.2 Å². The number of rotatable bonds is 7. The summed E-state index contributed by atoms with van der Waals surface area (Å²) in [5.74, 6) is -0.669. The van der Waals surface area contributed by atoms with Crippen molar-refractivity contribution in [2.75, 3.05) is 20.2 Å². The Labute approximate surface area is 232 Å². The summed E-state index contributed by atoms with van der Waals surface area (Å²) in [6.07, 6.45) is 0.452. The fourth-order valence-corrected chi connectivity index (χ4v) is 5.03. The Balaban J connectivity index is 0.00000336. The molecule has 8 heteroatoms. The summed E-state index contributed by atoms with van der Waals surface area (Å²) < 4.78 is 8.68. The standard InChI is InChI=1S/C30H32N4O3.BrH/c1-20-8-12-22(13-9-20)16-27(28(35)32-18-24(19-32)29(36)37-3)34-26-7-5-4-6-25(26)33(30(34)31)17-23-14-10-21(2)11-15-23;/h4-15,24,27,31H,16-19H2,1-3H3;1H. The molecule has 1 saturated heterocycles. The summed E-state index contributed by atoms with van der Waals surface area (Å²) >= 11 is 0. The maximum Gasteiger partial charge on any atom is 0.312 e. The van der Waals surface area contributed by atoms with Gasteiger partial charge in [0.25, 0.3) is 0 Å². The van der Waals surface area contributed by atoms with Gasteiger partial charge in [-0.3, -0.25) is 19.6 Å². The van der Waals surface area contributed by atoms with Gasteiger partial charge in [-0.05, 0) is 37.1 Å². The van der Waals surface area contributed by atoms with Crippen molar-refractivity contribution < 1.29 is 14.3 Å². The number of amides is 1. The van der Waals surface area contributed by atoms with Crippen molar-refractivity contribution in [3.8, 4) is 0 Å². The van der Waals surface area contributed by atoms with Crippen molar-refractivity contribution in [2.45, 2.75) is 32.9 Å². The van der Waals surface area contributed by atoms with Gasteiger partial charge in [0, 0.05) is 19.5 Å². The molecule has 1 aliphatic heterocycles. The van der Waals surface area contributed by atoms with E-state index in [1.54, 1.807) is 4.90 Å². The fourth-order valence-electron chi connectivity index (χ4n) is 5.03. The van der Waals surface area contributed by atoms with Crippen LogP contribution in [0.2, 0.25) is 0 Å². The van der Waals surface area contributed by atoms with Crippen molar-refractivity contribution >= 4 is 39.9 Å². The molecule has 5 rings (SSSR count). The minimum absolute atomic E-state index is 0. The lowest BCUT2D eigenvalue weighted by Crippen LogP contribution is -2.56. The summed E-state index contributed by atoms with van der Waals surface area (Å²) in [4.78, 5) is 27.6. The number of hydrogen-bond donors (Lipinski definition) is 1. The molecule has 7 nitrogen and oxygen atoms in total. The SMILES string of the molecule is Br.COC(=O)C1CN(C(=O)C(Cc2ccc(C)cc2)n2c(=N)n(Cc3ccc(C)cc3)c3ccccc32)C1. The van der Waals surface area contributed by atoms with Crippen LogP contribution in [0.4, 0.5) is 0 Å². The number of ether oxygens (including phenoxy) is 1. The largest absolute Gasteiger partial charge is 0.469 e. The third kappa shape index (κ3) is 5.31. The summed E-state index contributed by atoms with van der Waals surface area (Å²) in [6.45, 7) is 5.30. The lowest BCUT2D eigenvalue weighted by Gasteiger charge is -2.39. The molecule has 2 heterocycles. The number of fused-ring (bicyclic) bond motifs is 1. The van der Waals surface area contributed by atoms with Gasteiger partial charge in [-0.15, -0.1) is 17.0 Å². The van der Waals surface area contributed by atoms with Crippen LogP contribution in [0.5, 0.6) is 0 Å². The Hall–Kier alpha value is -3.65. The number of carbonyl (C=O) groups excluding carboxylic acids is 2. The van der Waals surface area contributed by atoms with E-state index in [4.69, 9.17) is 4.74 Å². The number of aromatic nitrogens is 2. The smallest absolute Gasteiger partial charge is 0.312 e. The second-order valence-corrected chi connectivity index (χ2v) is 9.92. The zero-order valence-electron chi connectivity index (χ0n) is 21.9. The minimum Gasteiger partial charge on any atom is -0.469 e. The second kappa shape index (κ2) is 11.4. The number of hydrogen-bond acceptors (Lipinski definition) is 4. The fraction of sp³-hybridized carbons (Fsp3) is 0.300. The first kappa shape index (κ1) is 27.4. The molecule has 198 valence electrons. The summed E-state index contributed by atoms with van der Waals surface area (Å²) in [6, 6.07) is 23.7. The first-order chi connectivity index (χ1) is 17.9. The maximum atomic E-state index is 13.9. The summed E-state index contributed by atoms with van der Waals surface area (Å²) in [7, 11) is 1.37. The Bertz CT molecular complexity index is 1500. The summed E-state index contributed by atoms with van der Waals surface area (Å²) in [5.41, 5.74) is 6.48. The van der Waals surface area contributed by atoms with Crippen molar-refractivity contribution in [1.29, 1.82) is 5.41 Å². The van der Waals surface area contributed by atoms with Crippen molar-refractivity contribution in [2.24, 2.45) is 5.92 Å². The topological polar surface area (TPSA) is 80.3 Å². The first-order valence-electron chi connectivity index (χ1n) is 12.6. The van der Waals surface area contributed by atoms with E-state index in [0.29, 0.717) is 26.1 Å². The van der Waals surface area contributed by atoms with Gasteiger partial charge in [-0.1, -0.05) is 71.8 Å². The molecule has 0 aliphatic carbocycles. The number of aryl methyl sites for hydroxylation is 2. The zero-order chi connectivity index (χ0) is 26.1. The Morgan fingerprint density at radius 1 is 0.895 bits per heavy atom. The predicted molar refractivity (Wildman–Crippen MR) is 152 cm³/mol. The molecule has 1 atom stereocenters. The van der Waals surface area contributed by atoms with Gasteiger partial charge in [-0.25, -0.2) is 0 Å². The number of likely N-dealkylation sites (tertiary alicyclic amines) is 1. The molecular weight excluding hydrogens is 544 g/mol.